The molecule has 4 rings (SSSR count). The molecule has 1 N–H and O–H groups in total. The van der Waals surface area contributed by atoms with Crippen LogP contribution < -0.4 is 10.2 Å². The fourth-order valence-electron chi connectivity index (χ4n) is 5.68. The third kappa shape index (κ3) is 5.35. The molecule has 2 saturated heterocycles. The summed E-state index contributed by atoms with van der Waals surface area (Å²) in [5, 5.41) is 3.47. The molecular formula is C26H39F2N5O2. The van der Waals surface area contributed by atoms with Crippen LogP contribution in [0.5, 0.6) is 0 Å². The molecule has 7 nitrogen and oxygen atoms in total. The second kappa shape index (κ2) is 9.73. The number of anilines is 1. The van der Waals surface area contributed by atoms with Crippen molar-refractivity contribution in [1.29, 1.82) is 0 Å². The van der Waals surface area contributed by atoms with Crippen molar-refractivity contribution in [1.82, 2.24) is 20.1 Å². The molecule has 2 fully saturated rings. The topological polar surface area (TPSA) is 68.8 Å². The highest BCUT2D eigenvalue weighted by molar-refractivity contribution is 5.97. The molecule has 1 aromatic rings. The Hall–Kier alpha value is -2.13. The quantitative estimate of drug-likeness (QED) is 0.635. The van der Waals surface area contributed by atoms with Gasteiger partial charge in [0, 0.05) is 74.8 Å². The summed E-state index contributed by atoms with van der Waals surface area (Å²) in [6, 6.07) is 1.67. The van der Waals surface area contributed by atoms with Crippen LogP contribution in [0, 0.1) is 5.92 Å². The van der Waals surface area contributed by atoms with Crippen LogP contribution in [0.25, 0.3) is 0 Å². The third-order valence-corrected chi connectivity index (χ3v) is 7.60. The molecule has 35 heavy (non-hydrogen) atoms. The van der Waals surface area contributed by atoms with Gasteiger partial charge in [0.25, 0.3) is 5.92 Å². The number of hydrogen-bond acceptors (Lipinski definition) is 5. The lowest BCUT2D eigenvalue weighted by atomic mass is 9.88. The van der Waals surface area contributed by atoms with Crippen molar-refractivity contribution >= 4 is 17.5 Å². The first-order chi connectivity index (χ1) is 16.4. The highest BCUT2D eigenvalue weighted by Gasteiger charge is 2.42. The second-order valence-corrected chi connectivity index (χ2v) is 11.4. The number of halogens is 2. The summed E-state index contributed by atoms with van der Waals surface area (Å²) in [5.74, 6) is -2.60. The SMILES string of the molecule is CCCC(F)(F)c1cc2c(cn1)C(C)(C)CN2C(=O)CN1C[C@@H](C)NC[C@@H]1CN1C[C@H](C)CC1=O. The Labute approximate surface area is 207 Å². The average Bonchev–Trinajstić information content (AvgIpc) is 3.24. The predicted molar refractivity (Wildman–Crippen MR) is 132 cm³/mol. The fourth-order valence-corrected chi connectivity index (χ4v) is 5.68. The highest BCUT2D eigenvalue weighted by Crippen LogP contribution is 2.43. The molecule has 0 aliphatic carbocycles. The minimum absolute atomic E-state index is 0.0290. The number of pyridine rings is 1. The van der Waals surface area contributed by atoms with Crippen LogP contribution in [0.1, 0.15) is 65.1 Å². The van der Waals surface area contributed by atoms with Crippen LogP contribution >= 0.6 is 0 Å². The molecule has 3 atom stereocenters. The monoisotopic (exact) mass is 491 g/mol. The Kier molecular flexibility index (Phi) is 7.21. The lowest BCUT2D eigenvalue weighted by molar-refractivity contribution is -0.128. The van der Waals surface area contributed by atoms with E-state index in [0.717, 1.165) is 12.1 Å². The summed E-state index contributed by atoms with van der Waals surface area (Å²) in [4.78, 5) is 35.8. The molecule has 0 aromatic carbocycles. The lowest BCUT2D eigenvalue weighted by Gasteiger charge is -2.41. The number of alkyl halides is 2. The van der Waals surface area contributed by atoms with Gasteiger partial charge in [0.15, 0.2) is 0 Å². The van der Waals surface area contributed by atoms with E-state index in [1.165, 1.54) is 12.3 Å². The van der Waals surface area contributed by atoms with Crippen molar-refractivity contribution in [3.8, 4) is 0 Å². The smallest absolute Gasteiger partial charge is 0.289 e. The number of carbonyl (C=O) groups is 2. The van der Waals surface area contributed by atoms with Gasteiger partial charge < -0.3 is 15.1 Å². The fraction of sp³-hybridized carbons (Fsp3) is 0.731. The number of nitrogens with zero attached hydrogens (tertiary/aromatic N) is 4. The van der Waals surface area contributed by atoms with E-state index in [2.05, 4.69) is 29.0 Å². The molecule has 2 amide bonds. The molecule has 0 radical (unpaired) electrons. The van der Waals surface area contributed by atoms with Gasteiger partial charge in [-0.3, -0.25) is 19.5 Å². The molecule has 9 heteroatoms. The van der Waals surface area contributed by atoms with Crippen LogP contribution in [0.2, 0.25) is 0 Å². The van der Waals surface area contributed by atoms with E-state index >= 15 is 0 Å². The first-order valence-electron chi connectivity index (χ1n) is 12.9. The first-order valence-corrected chi connectivity index (χ1v) is 12.9. The zero-order valence-electron chi connectivity index (χ0n) is 21.6. The van der Waals surface area contributed by atoms with Gasteiger partial charge in [-0.2, -0.15) is 8.78 Å². The maximum Gasteiger partial charge on any atom is 0.289 e. The number of aromatic nitrogens is 1. The summed E-state index contributed by atoms with van der Waals surface area (Å²) in [6.07, 6.45) is 2.18. The Balaban J connectivity index is 1.54. The minimum atomic E-state index is -3.02. The van der Waals surface area contributed by atoms with Crippen molar-refractivity contribution in [2.75, 3.05) is 44.2 Å². The van der Waals surface area contributed by atoms with Crippen LogP contribution in [0.4, 0.5) is 14.5 Å². The van der Waals surface area contributed by atoms with E-state index in [4.69, 9.17) is 0 Å². The van der Waals surface area contributed by atoms with Crippen molar-refractivity contribution < 1.29 is 18.4 Å². The molecule has 194 valence electrons. The molecular weight excluding hydrogens is 452 g/mol. The van der Waals surface area contributed by atoms with Gasteiger partial charge in [0.05, 0.1) is 12.2 Å². The lowest BCUT2D eigenvalue weighted by Crippen LogP contribution is -2.61. The van der Waals surface area contributed by atoms with Crippen LogP contribution in [-0.2, 0) is 20.9 Å². The summed E-state index contributed by atoms with van der Waals surface area (Å²) < 4.78 is 29.3. The molecule has 0 unspecified atom stereocenters. The second-order valence-electron chi connectivity index (χ2n) is 11.4. The molecule has 0 spiro atoms. The van der Waals surface area contributed by atoms with Crippen molar-refractivity contribution in [3.05, 3.63) is 23.5 Å². The van der Waals surface area contributed by atoms with Gasteiger partial charge in [-0.15, -0.1) is 0 Å². The molecule has 0 saturated carbocycles. The number of rotatable bonds is 7. The van der Waals surface area contributed by atoms with Crippen molar-refractivity contribution in [2.24, 2.45) is 5.92 Å². The van der Waals surface area contributed by atoms with Gasteiger partial charge in [-0.05, 0) is 18.9 Å². The molecule has 1 aromatic heterocycles. The molecule has 4 heterocycles. The van der Waals surface area contributed by atoms with Gasteiger partial charge in [-0.1, -0.05) is 34.1 Å². The van der Waals surface area contributed by atoms with Crippen molar-refractivity contribution in [2.45, 2.75) is 77.3 Å². The Morgan fingerprint density at radius 1 is 1.29 bits per heavy atom. The maximum absolute atomic E-state index is 14.7. The van der Waals surface area contributed by atoms with Gasteiger partial charge in [-0.25, -0.2) is 0 Å². The standard InChI is InChI=1S/C26H39F2N5O2/c1-6-7-26(27,28)22-9-21-20(11-30-22)25(4,5)16-33(21)24(35)15-31-13-18(3)29-10-19(31)14-32-12-17(2)8-23(32)34/h9,11,17-19,29H,6-8,10,12-16H2,1-5H3/t17-,18-,19-/m1/s1. The normalized spacial score (nSPS) is 26.9. The van der Waals surface area contributed by atoms with E-state index in [9.17, 15) is 18.4 Å². The van der Waals surface area contributed by atoms with E-state index < -0.39 is 5.92 Å². The first kappa shape index (κ1) is 25.9. The number of nitrogens with one attached hydrogen (secondary N) is 1. The summed E-state index contributed by atoms with van der Waals surface area (Å²) in [6.45, 7) is 13.3. The Bertz CT molecular complexity index is 969. The Morgan fingerprint density at radius 3 is 2.69 bits per heavy atom. The zero-order chi connectivity index (χ0) is 25.5. The number of amides is 2. The molecule has 0 bridgehead atoms. The minimum Gasteiger partial charge on any atom is -0.341 e. The maximum atomic E-state index is 14.7. The molecule has 3 aliphatic heterocycles. The van der Waals surface area contributed by atoms with E-state index in [-0.39, 0.29) is 48.0 Å². The largest absolute Gasteiger partial charge is 0.341 e. The van der Waals surface area contributed by atoms with Gasteiger partial charge >= 0.3 is 0 Å². The molecule has 3 aliphatic rings. The van der Waals surface area contributed by atoms with Crippen molar-refractivity contribution in [3.63, 3.8) is 0 Å². The van der Waals surface area contributed by atoms with E-state index in [1.807, 2.05) is 18.7 Å². The van der Waals surface area contributed by atoms with Crippen LogP contribution in [-0.4, -0.2) is 78.0 Å². The summed E-state index contributed by atoms with van der Waals surface area (Å²) in [7, 11) is 0. The number of likely N-dealkylation sites (tertiary alicyclic amines) is 1. The highest BCUT2D eigenvalue weighted by atomic mass is 19.3. The van der Waals surface area contributed by atoms with Gasteiger partial charge in [0.1, 0.15) is 5.69 Å². The number of hydrogen-bond donors (Lipinski definition) is 1. The van der Waals surface area contributed by atoms with Crippen LogP contribution in [0.3, 0.4) is 0 Å². The number of fused-ring (bicyclic) bond motifs is 1. The number of piperazine rings is 1. The Morgan fingerprint density at radius 2 is 2.03 bits per heavy atom. The van der Waals surface area contributed by atoms with E-state index in [0.29, 0.717) is 50.6 Å². The third-order valence-electron chi connectivity index (χ3n) is 7.60. The average molecular weight is 492 g/mol. The van der Waals surface area contributed by atoms with E-state index in [1.54, 1.807) is 11.8 Å². The summed E-state index contributed by atoms with van der Waals surface area (Å²) >= 11 is 0. The predicted octanol–water partition coefficient (Wildman–Crippen LogP) is 3.13. The van der Waals surface area contributed by atoms with Crippen LogP contribution in [0.15, 0.2) is 12.3 Å². The number of carbonyl (C=O) groups excluding carboxylic acids is 2. The van der Waals surface area contributed by atoms with Gasteiger partial charge in [0.2, 0.25) is 11.8 Å². The summed E-state index contributed by atoms with van der Waals surface area (Å²) in [5.41, 5.74) is 0.724. The zero-order valence-corrected chi connectivity index (χ0v) is 21.6.